The minimum atomic E-state index is -0.227. The van der Waals surface area contributed by atoms with Crippen molar-refractivity contribution in [2.75, 3.05) is 89.2 Å². The highest BCUT2D eigenvalue weighted by Gasteiger charge is 2.31. The second kappa shape index (κ2) is 26.1. The van der Waals surface area contributed by atoms with Crippen molar-refractivity contribution < 1.29 is 28.6 Å². The molecule has 2 aromatic heterocycles. The maximum absolute atomic E-state index is 14.1. The molecule has 0 saturated carbocycles. The topological polar surface area (TPSA) is 172 Å². The van der Waals surface area contributed by atoms with Gasteiger partial charge in [0.05, 0.1) is 55.4 Å². The normalized spacial score (nSPS) is 14.1. The van der Waals surface area contributed by atoms with E-state index in [2.05, 4.69) is 130 Å². The number of carbonyl (C=O) groups is 3. The Morgan fingerprint density at radius 1 is 0.709 bits per heavy atom. The van der Waals surface area contributed by atoms with Gasteiger partial charge in [-0.2, -0.15) is 0 Å². The minimum Gasteiger partial charge on any atom is -0.493 e. The number of rotatable bonds is 24. The fourth-order valence-electron chi connectivity index (χ4n) is 10.1. The van der Waals surface area contributed by atoms with Gasteiger partial charge in [0, 0.05) is 105 Å². The summed E-state index contributed by atoms with van der Waals surface area (Å²) in [4.78, 5) is 55.5. The van der Waals surface area contributed by atoms with Crippen LogP contribution in [0.4, 0.5) is 11.4 Å². The first-order valence-electron chi connectivity index (χ1n) is 28.7. The molecule has 8 rings (SSSR count). The smallest absolute Gasteiger partial charge is 0.227 e. The molecule has 2 aliphatic heterocycles. The van der Waals surface area contributed by atoms with Crippen LogP contribution in [-0.4, -0.2) is 127 Å². The second-order valence-electron chi connectivity index (χ2n) is 24.1. The van der Waals surface area contributed by atoms with E-state index in [4.69, 9.17) is 24.3 Å². The third-order valence-electron chi connectivity index (χ3n) is 15.4. The molecule has 16 heteroatoms. The molecule has 1 fully saturated rings. The first kappa shape index (κ1) is 58.5. The number of likely N-dealkylation sites (N-methyl/N-ethyl adjacent to an activating group) is 1. The van der Waals surface area contributed by atoms with Crippen molar-refractivity contribution in [3.63, 3.8) is 0 Å². The Kier molecular flexibility index (Phi) is 19.3. The highest BCUT2D eigenvalue weighted by Crippen LogP contribution is 2.44. The maximum Gasteiger partial charge on any atom is 0.227 e. The highest BCUT2D eigenvalue weighted by atomic mass is 16.5. The largest absolute Gasteiger partial charge is 0.493 e. The molecular formula is C63H86N10O6. The number of aromatic amines is 1. The molecule has 0 spiro atoms. The quantitative estimate of drug-likeness (QED) is 0.0493. The van der Waals surface area contributed by atoms with Gasteiger partial charge in [0.2, 0.25) is 17.7 Å². The van der Waals surface area contributed by atoms with E-state index < -0.39 is 0 Å². The van der Waals surface area contributed by atoms with E-state index >= 15 is 0 Å². The number of nitrogens with one attached hydrogen (secondary N) is 3. The predicted octanol–water partition coefficient (Wildman–Crippen LogP) is 10.5. The zero-order valence-corrected chi connectivity index (χ0v) is 48.7. The number of hydrogen-bond acceptors (Lipinski definition) is 11. The Balaban J connectivity index is 0.839. The third kappa shape index (κ3) is 15.2. The summed E-state index contributed by atoms with van der Waals surface area (Å²) in [5, 5.41) is 15.4. The lowest BCUT2D eigenvalue weighted by Crippen LogP contribution is -2.44. The van der Waals surface area contributed by atoms with Crippen LogP contribution in [0, 0.1) is 5.41 Å². The second-order valence-corrected chi connectivity index (χ2v) is 24.1. The summed E-state index contributed by atoms with van der Waals surface area (Å²) in [6.07, 6.45) is 3.72. The van der Waals surface area contributed by atoms with Gasteiger partial charge in [0.15, 0.2) is 0 Å². The van der Waals surface area contributed by atoms with Gasteiger partial charge in [-0.25, -0.2) is 9.67 Å². The van der Waals surface area contributed by atoms with E-state index in [0.717, 1.165) is 101 Å². The lowest BCUT2D eigenvalue weighted by molar-refractivity contribution is -0.125. The lowest BCUT2D eigenvalue weighted by atomic mass is 9.78. The van der Waals surface area contributed by atoms with E-state index in [1.54, 1.807) is 4.90 Å². The van der Waals surface area contributed by atoms with Crippen LogP contribution in [0.3, 0.4) is 0 Å². The van der Waals surface area contributed by atoms with Gasteiger partial charge in [-0.15, -0.1) is 5.10 Å². The average Bonchev–Trinajstić information content (AvgIpc) is 4.09. The number of aryl methyl sites for hydroxylation is 1. The molecule has 4 heterocycles. The van der Waals surface area contributed by atoms with Crippen molar-refractivity contribution in [2.24, 2.45) is 5.41 Å². The van der Waals surface area contributed by atoms with Gasteiger partial charge in [-0.3, -0.25) is 14.4 Å². The molecule has 6 aromatic rings. The van der Waals surface area contributed by atoms with Gasteiger partial charge < -0.3 is 44.5 Å². The van der Waals surface area contributed by atoms with Crippen molar-refractivity contribution in [3.05, 3.63) is 95.6 Å². The summed E-state index contributed by atoms with van der Waals surface area (Å²) in [6.45, 7) is 28.2. The van der Waals surface area contributed by atoms with Crippen molar-refractivity contribution in [1.29, 1.82) is 0 Å². The number of H-pyrrole nitrogens is 1. The molecule has 2 aliphatic rings. The van der Waals surface area contributed by atoms with E-state index in [1.165, 1.54) is 5.69 Å². The number of hydrogen-bond donors (Lipinski definition) is 3. The number of benzene rings is 4. The summed E-state index contributed by atoms with van der Waals surface area (Å²) in [7, 11) is 2.18. The fourth-order valence-corrected chi connectivity index (χ4v) is 10.1. The summed E-state index contributed by atoms with van der Waals surface area (Å²) in [5.41, 5.74) is 11.1. The monoisotopic (exact) mass is 1080 g/mol. The molecular weight excluding hydrogens is 993 g/mol. The molecule has 3 amide bonds. The summed E-state index contributed by atoms with van der Waals surface area (Å²) >= 11 is 0. The molecule has 0 aliphatic carbocycles. The van der Waals surface area contributed by atoms with Crippen LogP contribution < -0.4 is 25.2 Å². The highest BCUT2D eigenvalue weighted by molar-refractivity contribution is 6.01. The third-order valence-corrected chi connectivity index (χ3v) is 15.4. The summed E-state index contributed by atoms with van der Waals surface area (Å²) in [5.74, 6) is 1.31. The van der Waals surface area contributed by atoms with Gasteiger partial charge in [-0.1, -0.05) is 116 Å². The Bertz CT molecular complexity index is 3000. The van der Waals surface area contributed by atoms with E-state index in [9.17, 15) is 14.4 Å². The SMILES string of the molecule is CCC(C)(C)CCOCCOCCNC(=O)CCC(=O)N1Cc2ccccc2-c2c(nnn2CCCNC(=O)CCCOc2c(C(C)(C)C)cc(-c3nc4ccc(N5CCN(C)CC5)cc4[nH]3)cc2C(C)(C)C)-c2ccccc21. The minimum absolute atomic E-state index is 0.0325. The van der Waals surface area contributed by atoms with E-state index in [1.807, 2.05) is 53.2 Å². The lowest BCUT2D eigenvalue weighted by Gasteiger charge is -2.34. The van der Waals surface area contributed by atoms with Crippen LogP contribution in [-0.2, 0) is 47.8 Å². The van der Waals surface area contributed by atoms with Crippen LogP contribution in [0.15, 0.2) is 78.9 Å². The zero-order chi connectivity index (χ0) is 56.3. The molecule has 0 radical (unpaired) electrons. The van der Waals surface area contributed by atoms with Crippen LogP contribution in [0.2, 0.25) is 0 Å². The molecule has 79 heavy (non-hydrogen) atoms. The summed E-state index contributed by atoms with van der Waals surface area (Å²) < 4.78 is 20.0. The number of anilines is 2. The van der Waals surface area contributed by atoms with Crippen LogP contribution >= 0.6 is 0 Å². The number of ether oxygens (including phenoxy) is 3. The van der Waals surface area contributed by atoms with Crippen LogP contribution in [0.25, 0.3) is 44.9 Å². The molecule has 0 bridgehead atoms. The van der Waals surface area contributed by atoms with Crippen LogP contribution in [0.5, 0.6) is 5.75 Å². The molecule has 0 atom stereocenters. The molecule has 3 N–H and O–H groups in total. The van der Waals surface area contributed by atoms with Crippen molar-refractivity contribution in [3.8, 4) is 39.7 Å². The predicted molar refractivity (Wildman–Crippen MR) is 316 cm³/mol. The fraction of sp³-hybridized carbons (Fsp3) is 0.524. The molecule has 16 nitrogen and oxygen atoms in total. The Morgan fingerprint density at radius 3 is 2.10 bits per heavy atom. The molecule has 0 unspecified atom stereocenters. The first-order chi connectivity index (χ1) is 37.8. The van der Waals surface area contributed by atoms with Crippen molar-refractivity contribution in [1.82, 2.24) is 40.5 Å². The molecule has 4 aromatic carbocycles. The van der Waals surface area contributed by atoms with E-state index in [-0.39, 0.29) is 46.8 Å². The van der Waals surface area contributed by atoms with Crippen molar-refractivity contribution in [2.45, 2.75) is 131 Å². The number of nitrogens with zero attached hydrogens (tertiary/aromatic N) is 7. The Labute approximate surface area is 468 Å². The number of amides is 3. The number of aromatic nitrogens is 5. The number of piperazine rings is 1. The maximum atomic E-state index is 14.1. The number of imidazole rings is 1. The van der Waals surface area contributed by atoms with Gasteiger partial charge in [0.1, 0.15) is 17.3 Å². The first-order valence-corrected chi connectivity index (χ1v) is 28.7. The van der Waals surface area contributed by atoms with Gasteiger partial charge in [-0.05, 0) is 84.5 Å². The number of carbonyl (C=O) groups excluding carboxylic acids is 3. The van der Waals surface area contributed by atoms with Crippen molar-refractivity contribution >= 4 is 40.1 Å². The standard InChI is InChI=1S/C63H86N10O6/c1-11-63(8,9)27-36-77-38-39-78-37-29-65-55(75)25-26-56(76)72-43-44-18-12-13-19-47(44)58-57(48-20-14-15-21-53(48)72)68-69-73(58)30-17-28-64-54(74)22-16-35-79-59-49(61(2,3)4)40-45(41-50(59)62(5,6)7)60-66-51-24-23-46(42-52(51)67-60)71-33-31-70(10)32-34-71/h12-15,18-21,23-24,40-42H,11,16-17,22,25-39,43H2,1-10H3,(H,64,74)(H,65,75)(H,66,67). The molecule has 424 valence electrons. The van der Waals surface area contributed by atoms with Crippen LogP contribution in [0.1, 0.15) is 124 Å². The van der Waals surface area contributed by atoms with Gasteiger partial charge in [0.25, 0.3) is 0 Å². The number of para-hydroxylation sites is 1. The van der Waals surface area contributed by atoms with Gasteiger partial charge >= 0.3 is 0 Å². The van der Waals surface area contributed by atoms with E-state index in [0.29, 0.717) is 89.9 Å². The number of fused-ring (bicyclic) bond motifs is 6. The molecule has 1 saturated heterocycles. The Morgan fingerprint density at radius 2 is 1.38 bits per heavy atom. The summed E-state index contributed by atoms with van der Waals surface area (Å²) in [6, 6.07) is 26.7. The zero-order valence-electron chi connectivity index (χ0n) is 48.7. The Hall–Kier alpha value is -6.62. The average molecular weight is 1080 g/mol.